The van der Waals surface area contributed by atoms with Crippen LogP contribution < -0.4 is 5.32 Å². The van der Waals surface area contributed by atoms with Gasteiger partial charge in [0.1, 0.15) is 0 Å². The molecule has 0 aromatic heterocycles. The van der Waals surface area contributed by atoms with E-state index in [0.717, 1.165) is 30.6 Å². The summed E-state index contributed by atoms with van der Waals surface area (Å²) in [5, 5.41) is 13.4. The number of anilines is 1. The number of carbonyl (C=O) groups is 1. The number of aliphatic hydroxyl groups is 1. The molecule has 1 saturated heterocycles. The molecule has 4 nitrogen and oxygen atoms in total. The van der Waals surface area contributed by atoms with Crippen LogP contribution in [0.5, 0.6) is 0 Å². The number of piperidine rings is 1. The Balaban J connectivity index is 1.55. The first-order valence-electron chi connectivity index (χ1n) is 8.53. The second-order valence-corrected chi connectivity index (χ2v) is 6.38. The number of benzene rings is 2. The van der Waals surface area contributed by atoms with Crippen molar-refractivity contribution in [2.24, 2.45) is 5.92 Å². The number of para-hydroxylation sites is 1. The van der Waals surface area contributed by atoms with Crippen LogP contribution in [-0.2, 0) is 4.79 Å². The van der Waals surface area contributed by atoms with Crippen LogP contribution in [0.3, 0.4) is 0 Å². The number of hydrogen-bond acceptors (Lipinski definition) is 3. The fourth-order valence-electron chi connectivity index (χ4n) is 3.23. The number of nitrogens with one attached hydrogen (secondary N) is 1. The van der Waals surface area contributed by atoms with Gasteiger partial charge in [-0.3, -0.25) is 9.69 Å². The molecule has 0 unspecified atom stereocenters. The molecule has 0 radical (unpaired) electrons. The Bertz CT molecular complexity index is 645. The number of hydrogen-bond donors (Lipinski definition) is 2. The highest BCUT2D eigenvalue weighted by molar-refractivity contribution is 5.92. The van der Waals surface area contributed by atoms with Crippen LogP contribution in [0.15, 0.2) is 60.7 Å². The molecule has 0 saturated carbocycles. The highest BCUT2D eigenvalue weighted by Crippen LogP contribution is 2.21. The SMILES string of the molecule is O=C(Nc1ccccc1)[C@@H]1CCCN(C[C@H](O)c2ccccc2)C1. The minimum absolute atomic E-state index is 0.0260. The van der Waals surface area contributed by atoms with Crippen molar-refractivity contribution in [3.63, 3.8) is 0 Å². The van der Waals surface area contributed by atoms with Crippen LogP contribution in [0, 0.1) is 5.92 Å². The van der Waals surface area contributed by atoms with Crippen molar-refractivity contribution in [3.8, 4) is 0 Å². The van der Waals surface area contributed by atoms with Crippen LogP contribution in [0.1, 0.15) is 24.5 Å². The first kappa shape index (κ1) is 16.7. The van der Waals surface area contributed by atoms with E-state index < -0.39 is 6.10 Å². The molecule has 1 fully saturated rings. The number of aliphatic hydroxyl groups excluding tert-OH is 1. The predicted octanol–water partition coefficient (Wildman–Crippen LogP) is 3.07. The van der Waals surface area contributed by atoms with Gasteiger partial charge in [0.15, 0.2) is 0 Å². The van der Waals surface area contributed by atoms with Gasteiger partial charge in [-0.1, -0.05) is 48.5 Å². The molecule has 1 heterocycles. The Kier molecular flexibility index (Phi) is 5.62. The molecular weight excluding hydrogens is 300 g/mol. The quantitative estimate of drug-likeness (QED) is 0.889. The van der Waals surface area contributed by atoms with Crippen LogP contribution in [0.4, 0.5) is 5.69 Å². The van der Waals surface area contributed by atoms with Gasteiger partial charge in [0.25, 0.3) is 0 Å². The molecule has 2 aromatic rings. The molecule has 3 rings (SSSR count). The van der Waals surface area contributed by atoms with E-state index in [9.17, 15) is 9.90 Å². The minimum atomic E-state index is -0.512. The lowest BCUT2D eigenvalue weighted by atomic mass is 9.96. The predicted molar refractivity (Wildman–Crippen MR) is 95.6 cm³/mol. The summed E-state index contributed by atoms with van der Waals surface area (Å²) in [5.74, 6) is 0.0435. The van der Waals surface area contributed by atoms with Gasteiger partial charge in [-0.15, -0.1) is 0 Å². The van der Waals surface area contributed by atoms with E-state index >= 15 is 0 Å². The van der Waals surface area contributed by atoms with E-state index in [1.54, 1.807) is 0 Å². The molecule has 1 amide bonds. The summed E-state index contributed by atoms with van der Waals surface area (Å²) in [6.07, 6.45) is 1.37. The Hall–Kier alpha value is -2.17. The Morgan fingerprint density at radius 3 is 2.50 bits per heavy atom. The van der Waals surface area contributed by atoms with Crippen LogP contribution >= 0.6 is 0 Å². The molecule has 2 N–H and O–H groups in total. The normalized spacial score (nSPS) is 19.6. The molecular formula is C20H24N2O2. The zero-order chi connectivity index (χ0) is 16.8. The van der Waals surface area contributed by atoms with Gasteiger partial charge >= 0.3 is 0 Å². The third-order valence-corrected chi connectivity index (χ3v) is 4.53. The number of carbonyl (C=O) groups excluding carboxylic acids is 1. The van der Waals surface area contributed by atoms with E-state index in [-0.39, 0.29) is 11.8 Å². The van der Waals surface area contributed by atoms with Gasteiger partial charge in [0.2, 0.25) is 5.91 Å². The average Bonchev–Trinajstić information content (AvgIpc) is 2.63. The summed E-state index contributed by atoms with van der Waals surface area (Å²) in [4.78, 5) is 14.7. The fourth-order valence-corrected chi connectivity index (χ4v) is 3.23. The second kappa shape index (κ2) is 8.08. The summed E-state index contributed by atoms with van der Waals surface area (Å²) in [6.45, 7) is 2.20. The minimum Gasteiger partial charge on any atom is -0.387 e. The highest BCUT2D eigenvalue weighted by Gasteiger charge is 2.27. The highest BCUT2D eigenvalue weighted by atomic mass is 16.3. The molecule has 126 valence electrons. The summed E-state index contributed by atoms with van der Waals surface area (Å²) in [6, 6.07) is 19.3. The molecule has 0 aliphatic carbocycles. The lowest BCUT2D eigenvalue weighted by molar-refractivity contribution is -0.121. The first-order chi connectivity index (χ1) is 11.7. The van der Waals surface area contributed by atoms with Gasteiger partial charge < -0.3 is 10.4 Å². The molecule has 0 bridgehead atoms. The van der Waals surface area contributed by atoms with E-state index in [1.165, 1.54) is 0 Å². The van der Waals surface area contributed by atoms with Crippen molar-refractivity contribution in [1.82, 2.24) is 4.90 Å². The van der Waals surface area contributed by atoms with Gasteiger partial charge in [-0.05, 0) is 37.1 Å². The molecule has 2 atom stereocenters. The maximum atomic E-state index is 12.5. The summed E-state index contributed by atoms with van der Waals surface area (Å²) >= 11 is 0. The molecule has 1 aliphatic rings. The number of β-amino-alcohol motifs (C(OH)–C–C–N with tert-alkyl or cyclic N) is 1. The number of rotatable bonds is 5. The smallest absolute Gasteiger partial charge is 0.228 e. The van der Waals surface area contributed by atoms with Crippen molar-refractivity contribution in [2.45, 2.75) is 18.9 Å². The fraction of sp³-hybridized carbons (Fsp3) is 0.350. The van der Waals surface area contributed by atoms with Crippen molar-refractivity contribution < 1.29 is 9.90 Å². The third-order valence-electron chi connectivity index (χ3n) is 4.53. The molecule has 2 aromatic carbocycles. The summed E-state index contributed by atoms with van der Waals surface area (Å²) < 4.78 is 0. The number of amides is 1. The van der Waals surface area contributed by atoms with Crippen molar-refractivity contribution in [2.75, 3.05) is 25.0 Å². The molecule has 0 spiro atoms. The molecule has 24 heavy (non-hydrogen) atoms. The van der Waals surface area contributed by atoms with Crippen LogP contribution in [0.25, 0.3) is 0 Å². The lowest BCUT2D eigenvalue weighted by Gasteiger charge is -2.33. The second-order valence-electron chi connectivity index (χ2n) is 6.38. The Morgan fingerprint density at radius 1 is 1.12 bits per heavy atom. The largest absolute Gasteiger partial charge is 0.387 e. The van der Waals surface area contributed by atoms with E-state index in [1.807, 2.05) is 60.7 Å². The van der Waals surface area contributed by atoms with Gasteiger partial charge in [-0.2, -0.15) is 0 Å². The van der Waals surface area contributed by atoms with Crippen molar-refractivity contribution >= 4 is 11.6 Å². The molecule has 4 heteroatoms. The Morgan fingerprint density at radius 2 is 1.79 bits per heavy atom. The lowest BCUT2D eigenvalue weighted by Crippen LogP contribution is -2.42. The average molecular weight is 324 g/mol. The zero-order valence-corrected chi connectivity index (χ0v) is 13.8. The van der Waals surface area contributed by atoms with E-state index in [0.29, 0.717) is 13.1 Å². The topological polar surface area (TPSA) is 52.6 Å². The Labute approximate surface area is 143 Å². The first-order valence-corrected chi connectivity index (χ1v) is 8.53. The molecule has 1 aliphatic heterocycles. The van der Waals surface area contributed by atoms with Crippen LogP contribution in [-0.4, -0.2) is 35.5 Å². The van der Waals surface area contributed by atoms with Crippen LogP contribution in [0.2, 0.25) is 0 Å². The third kappa shape index (κ3) is 4.43. The summed E-state index contributed by atoms with van der Waals surface area (Å²) in [5.41, 5.74) is 1.76. The van der Waals surface area contributed by atoms with E-state index in [2.05, 4.69) is 10.2 Å². The van der Waals surface area contributed by atoms with Gasteiger partial charge in [-0.25, -0.2) is 0 Å². The van der Waals surface area contributed by atoms with Crippen molar-refractivity contribution in [1.29, 1.82) is 0 Å². The maximum Gasteiger partial charge on any atom is 0.228 e. The van der Waals surface area contributed by atoms with Gasteiger partial charge in [0.05, 0.1) is 12.0 Å². The summed E-state index contributed by atoms with van der Waals surface area (Å²) in [7, 11) is 0. The van der Waals surface area contributed by atoms with E-state index in [4.69, 9.17) is 0 Å². The monoisotopic (exact) mass is 324 g/mol. The van der Waals surface area contributed by atoms with Gasteiger partial charge in [0, 0.05) is 18.8 Å². The zero-order valence-electron chi connectivity index (χ0n) is 13.8. The number of likely N-dealkylation sites (tertiary alicyclic amines) is 1. The number of nitrogens with zero attached hydrogens (tertiary/aromatic N) is 1. The van der Waals surface area contributed by atoms with Crippen molar-refractivity contribution in [3.05, 3.63) is 66.2 Å². The maximum absolute atomic E-state index is 12.5. The standard InChI is InChI=1S/C20H24N2O2/c23-19(16-8-3-1-4-9-16)15-22-13-7-10-17(14-22)20(24)21-18-11-5-2-6-12-18/h1-6,8-9,11-12,17,19,23H,7,10,13-15H2,(H,21,24)/t17-,19+/m1/s1.